The third-order valence-electron chi connectivity index (χ3n) is 3.80. The van der Waals surface area contributed by atoms with Gasteiger partial charge in [-0.2, -0.15) is 0 Å². The van der Waals surface area contributed by atoms with Crippen LogP contribution in [-0.4, -0.2) is 40.5 Å². The smallest absolute Gasteiger partial charge is 0.407 e. The quantitative estimate of drug-likeness (QED) is 0.386. The number of benzene rings is 1. The van der Waals surface area contributed by atoms with Crippen molar-refractivity contribution in [3.63, 3.8) is 0 Å². The third kappa shape index (κ3) is 5.09. The third-order valence-corrected chi connectivity index (χ3v) is 3.80. The molecule has 0 saturated carbocycles. The molecule has 0 fully saturated rings. The number of nitrogens with one attached hydrogen (secondary N) is 2. The molecule has 28 heavy (non-hydrogen) atoms. The number of fused-ring (bicyclic) bond motifs is 1. The average molecular weight is 380 g/mol. The van der Waals surface area contributed by atoms with Crippen molar-refractivity contribution in [3.8, 4) is 0 Å². The number of pyridine rings is 1. The molecule has 2 aromatic heterocycles. The van der Waals surface area contributed by atoms with Gasteiger partial charge in [0, 0.05) is 28.9 Å². The van der Waals surface area contributed by atoms with Crippen LogP contribution < -0.4 is 5.32 Å². The summed E-state index contributed by atoms with van der Waals surface area (Å²) in [6.07, 6.45) is 4.93. The van der Waals surface area contributed by atoms with E-state index in [4.69, 9.17) is 9.57 Å². The second-order valence-corrected chi connectivity index (χ2v) is 7.19. The van der Waals surface area contributed by atoms with Crippen LogP contribution in [0.15, 0.2) is 60.1 Å². The van der Waals surface area contributed by atoms with Gasteiger partial charge in [0.2, 0.25) is 0 Å². The van der Waals surface area contributed by atoms with Crippen LogP contribution in [0.5, 0.6) is 0 Å². The SMILES string of the molecule is CC(C)(C)OC(=O)NCCON=C(c1ccccc1)c1c[nH]c2cnccc12. The van der Waals surface area contributed by atoms with Crippen molar-refractivity contribution in [2.75, 3.05) is 13.2 Å². The summed E-state index contributed by atoms with van der Waals surface area (Å²) in [5.74, 6) is 0. The highest BCUT2D eigenvalue weighted by Gasteiger charge is 2.16. The second-order valence-electron chi connectivity index (χ2n) is 7.19. The number of carbonyl (C=O) groups excluding carboxylic acids is 1. The molecule has 7 nitrogen and oxygen atoms in total. The van der Waals surface area contributed by atoms with Gasteiger partial charge < -0.3 is 19.9 Å². The second kappa shape index (κ2) is 8.56. The van der Waals surface area contributed by atoms with Crippen molar-refractivity contribution in [2.45, 2.75) is 26.4 Å². The van der Waals surface area contributed by atoms with Crippen molar-refractivity contribution in [2.24, 2.45) is 5.16 Å². The summed E-state index contributed by atoms with van der Waals surface area (Å²) in [5.41, 5.74) is 2.94. The Labute approximate surface area is 163 Å². The monoisotopic (exact) mass is 380 g/mol. The van der Waals surface area contributed by atoms with Gasteiger partial charge in [-0.15, -0.1) is 0 Å². The molecule has 3 rings (SSSR count). The van der Waals surface area contributed by atoms with Gasteiger partial charge in [-0.1, -0.05) is 35.5 Å². The van der Waals surface area contributed by atoms with E-state index >= 15 is 0 Å². The Morgan fingerprint density at radius 2 is 2.00 bits per heavy atom. The minimum Gasteiger partial charge on any atom is -0.444 e. The lowest BCUT2D eigenvalue weighted by atomic mass is 10.0. The Morgan fingerprint density at radius 1 is 1.21 bits per heavy atom. The summed E-state index contributed by atoms with van der Waals surface area (Å²) >= 11 is 0. The van der Waals surface area contributed by atoms with Gasteiger partial charge in [0.1, 0.15) is 17.9 Å². The number of aromatic amines is 1. The Bertz CT molecular complexity index is 958. The number of alkyl carbamates (subject to hydrolysis) is 1. The highest BCUT2D eigenvalue weighted by atomic mass is 16.6. The van der Waals surface area contributed by atoms with Crippen LogP contribution >= 0.6 is 0 Å². The predicted octanol–water partition coefficient (Wildman–Crippen LogP) is 3.86. The average Bonchev–Trinajstić information content (AvgIpc) is 3.08. The van der Waals surface area contributed by atoms with Gasteiger partial charge in [0.25, 0.3) is 0 Å². The Hall–Kier alpha value is -3.35. The zero-order chi connectivity index (χ0) is 20.0. The highest BCUT2D eigenvalue weighted by molar-refractivity contribution is 6.19. The molecule has 0 aliphatic carbocycles. The van der Waals surface area contributed by atoms with Crippen LogP contribution in [-0.2, 0) is 9.57 Å². The molecule has 3 aromatic rings. The van der Waals surface area contributed by atoms with Gasteiger partial charge in [-0.25, -0.2) is 4.79 Å². The number of aromatic nitrogens is 2. The molecule has 146 valence electrons. The van der Waals surface area contributed by atoms with Crippen LogP contribution in [0.4, 0.5) is 4.79 Å². The van der Waals surface area contributed by atoms with Gasteiger partial charge in [-0.05, 0) is 26.8 Å². The zero-order valence-corrected chi connectivity index (χ0v) is 16.2. The maximum atomic E-state index is 11.7. The van der Waals surface area contributed by atoms with Crippen LogP contribution in [0, 0.1) is 0 Å². The summed E-state index contributed by atoms with van der Waals surface area (Å²) in [4.78, 5) is 24.5. The van der Waals surface area contributed by atoms with E-state index in [2.05, 4.69) is 20.4 Å². The van der Waals surface area contributed by atoms with Crippen LogP contribution in [0.2, 0.25) is 0 Å². The number of H-pyrrole nitrogens is 1. The topological polar surface area (TPSA) is 88.6 Å². The van der Waals surface area contributed by atoms with Crippen LogP contribution in [0.1, 0.15) is 31.9 Å². The normalized spacial score (nSPS) is 12.0. The number of hydrogen-bond acceptors (Lipinski definition) is 5. The summed E-state index contributed by atoms with van der Waals surface area (Å²) < 4.78 is 5.19. The highest BCUT2D eigenvalue weighted by Crippen LogP contribution is 2.21. The van der Waals surface area contributed by atoms with Gasteiger partial charge in [0.05, 0.1) is 18.3 Å². The maximum Gasteiger partial charge on any atom is 0.407 e. The number of nitrogens with zero attached hydrogens (tertiary/aromatic N) is 2. The van der Waals surface area contributed by atoms with Gasteiger partial charge >= 0.3 is 6.09 Å². The molecule has 1 aromatic carbocycles. The minimum absolute atomic E-state index is 0.222. The number of carbonyl (C=O) groups is 1. The molecular formula is C21H24N4O3. The number of rotatable bonds is 6. The molecule has 0 aliphatic rings. The summed E-state index contributed by atoms with van der Waals surface area (Å²) in [5, 5.41) is 8.00. The van der Waals surface area contributed by atoms with Crippen molar-refractivity contribution in [1.82, 2.24) is 15.3 Å². The lowest BCUT2D eigenvalue weighted by Crippen LogP contribution is -2.34. The number of ether oxygens (including phenoxy) is 1. The first-order valence-electron chi connectivity index (χ1n) is 9.08. The molecule has 0 radical (unpaired) electrons. The Kier molecular flexibility index (Phi) is 5.93. The Morgan fingerprint density at radius 3 is 2.75 bits per heavy atom. The molecule has 0 unspecified atom stereocenters. The van der Waals surface area contributed by atoms with Gasteiger partial charge in [0.15, 0.2) is 0 Å². The van der Waals surface area contributed by atoms with E-state index in [1.54, 1.807) is 12.4 Å². The fraction of sp³-hybridized carbons (Fsp3) is 0.286. The molecule has 2 heterocycles. The van der Waals surface area contributed by atoms with E-state index < -0.39 is 11.7 Å². The molecule has 0 atom stereocenters. The summed E-state index contributed by atoms with van der Waals surface area (Å²) in [6.45, 7) is 5.96. The number of hydrogen-bond donors (Lipinski definition) is 2. The van der Waals surface area contributed by atoms with Crippen molar-refractivity contribution >= 4 is 22.7 Å². The van der Waals surface area contributed by atoms with E-state index in [0.29, 0.717) is 5.71 Å². The first kappa shape index (κ1) is 19.4. The lowest BCUT2D eigenvalue weighted by molar-refractivity contribution is 0.0502. The first-order chi connectivity index (χ1) is 13.4. The van der Waals surface area contributed by atoms with E-state index in [1.807, 2.05) is 63.4 Å². The van der Waals surface area contributed by atoms with E-state index in [9.17, 15) is 4.79 Å². The van der Waals surface area contributed by atoms with E-state index in [1.165, 1.54) is 0 Å². The van der Waals surface area contributed by atoms with E-state index in [-0.39, 0.29) is 13.2 Å². The Balaban J connectivity index is 1.71. The zero-order valence-electron chi connectivity index (χ0n) is 16.2. The van der Waals surface area contributed by atoms with E-state index in [0.717, 1.165) is 22.0 Å². The van der Waals surface area contributed by atoms with Crippen molar-refractivity contribution in [3.05, 3.63) is 66.1 Å². The standard InChI is InChI=1S/C21H24N4O3/c1-21(2,3)28-20(26)23-11-12-27-25-19(15-7-5-4-6-8-15)17-13-24-18-14-22-10-9-16(17)18/h4-10,13-14,24H,11-12H2,1-3H3,(H,23,26). The fourth-order valence-electron chi connectivity index (χ4n) is 2.64. The molecule has 0 spiro atoms. The largest absolute Gasteiger partial charge is 0.444 e. The van der Waals surface area contributed by atoms with Crippen LogP contribution in [0.3, 0.4) is 0 Å². The molecular weight excluding hydrogens is 356 g/mol. The summed E-state index contributed by atoms with van der Waals surface area (Å²) in [6, 6.07) is 11.7. The molecule has 7 heteroatoms. The predicted molar refractivity (Wildman–Crippen MR) is 108 cm³/mol. The van der Waals surface area contributed by atoms with Crippen LogP contribution in [0.25, 0.3) is 10.9 Å². The molecule has 2 N–H and O–H groups in total. The van der Waals surface area contributed by atoms with Crippen molar-refractivity contribution < 1.29 is 14.4 Å². The molecule has 0 saturated heterocycles. The minimum atomic E-state index is -0.534. The van der Waals surface area contributed by atoms with Crippen molar-refractivity contribution in [1.29, 1.82) is 0 Å². The number of oxime groups is 1. The molecule has 0 aliphatic heterocycles. The lowest BCUT2D eigenvalue weighted by Gasteiger charge is -2.19. The summed E-state index contributed by atoms with van der Waals surface area (Å²) in [7, 11) is 0. The fourth-order valence-corrected chi connectivity index (χ4v) is 2.64. The molecule has 1 amide bonds. The van der Waals surface area contributed by atoms with Gasteiger partial charge in [-0.3, -0.25) is 4.98 Å². The molecule has 0 bridgehead atoms. The number of amides is 1. The maximum absolute atomic E-state index is 11.7. The first-order valence-corrected chi connectivity index (χ1v) is 9.08.